The molecular weight excluding hydrogens is 592 g/mol. The fourth-order valence-electron chi connectivity index (χ4n) is 4.09. The van der Waals surface area contributed by atoms with Gasteiger partial charge in [-0.15, -0.1) is 0 Å². The zero-order valence-electron chi connectivity index (χ0n) is 23.1. The number of sulfonamides is 1. The zero-order valence-corrected chi connectivity index (χ0v) is 24.7. The van der Waals surface area contributed by atoms with Crippen LogP contribution in [0.15, 0.2) is 95.9 Å². The van der Waals surface area contributed by atoms with E-state index in [9.17, 15) is 13.2 Å². The van der Waals surface area contributed by atoms with Crippen LogP contribution in [-0.4, -0.2) is 45.1 Å². The minimum atomic E-state index is -4.17. The Balaban J connectivity index is 1.39. The smallest absolute Gasteiger partial charge is 0.263 e. The number of para-hydroxylation sites is 3. The Bertz CT molecular complexity index is 1880. The van der Waals surface area contributed by atoms with Crippen molar-refractivity contribution in [2.45, 2.75) is 4.90 Å². The second kappa shape index (κ2) is 12.8. The maximum absolute atomic E-state index is 13.5. The molecule has 0 aliphatic rings. The van der Waals surface area contributed by atoms with E-state index in [0.29, 0.717) is 44.6 Å². The van der Waals surface area contributed by atoms with Crippen LogP contribution < -0.4 is 30.1 Å². The molecule has 0 radical (unpaired) electrons. The molecule has 1 heterocycles. The summed E-state index contributed by atoms with van der Waals surface area (Å²) in [6, 6.07) is 25.1. The highest BCUT2D eigenvalue weighted by atomic mass is 35.5. The number of ether oxygens (including phenoxy) is 2. The van der Waals surface area contributed by atoms with Crippen LogP contribution in [0.4, 0.5) is 28.7 Å². The predicted octanol–water partition coefficient (Wildman–Crippen LogP) is 5.90. The van der Waals surface area contributed by atoms with E-state index in [1.54, 1.807) is 66.7 Å². The number of nitrogens with one attached hydrogen (secondary N) is 4. The topological polar surface area (TPSA) is 144 Å². The van der Waals surface area contributed by atoms with E-state index in [4.69, 9.17) is 21.1 Å². The van der Waals surface area contributed by atoms with Crippen LogP contribution >= 0.6 is 11.6 Å². The molecule has 43 heavy (non-hydrogen) atoms. The van der Waals surface area contributed by atoms with Crippen LogP contribution in [0, 0.1) is 0 Å². The molecule has 1 aromatic heterocycles. The fraction of sp³-hybridized carbons (Fsp3) is 0.100. The predicted molar refractivity (Wildman–Crippen MR) is 168 cm³/mol. The molecule has 4 aromatic carbocycles. The molecule has 0 unspecified atom stereocenters. The Hall–Kier alpha value is -5.07. The number of methoxy groups -OCH3 is 2. The van der Waals surface area contributed by atoms with Gasteiger partial charge in [-0.2, -0.15) is 0 Å². The molecule has 0 saturated carbocycles. The van der Waals surface area contributed by atoms with Gasteiger partial charge in [0.15, 0.2) is 11.6 Å². The molecule has 0 aliphatic heterocycles. The molecule has 5 rings (SSSR count). The number of hydrogen-bond donors (Lipinski definition) is 4. The summed E-state index contributed by atoms with van der Waals surface area (Å²) in [5.74, 6) is 0.798. The molecule has 5 aromatic rings. The minimum absolute atomic E-state index is 0.0288. The highest BCUT2D eigenvalue weighted by Gasteiger charge is 2.20. The average molecular weight is 619 g/mol. The molecule has 4 N–H and O–H groups in total. The number of benzene rings is 4. The fourth-order valence-corrected chi connectivity index (χ4v) is 5.34. The lowest BCUT2D eigenvalue weighted by Crippen LogP contribution is -2.22. The number of fused-ring (bicyclic) bond motifs is 1. The summed E-state index contributed by atoms with van der Waals surface area (Å²) < 4.78 is 40.3. The molecule has 0 fully saturated rings. The number of rotatable bonds is 11. The van der Waals surface area contributed by atoms with Crippen molar-refractivity contribution in [3.8, 4) is 11.5 Å². The second-order valence-electron chi connectivity index (χ2n) is 9.15. The highest BCUT2D eigenvalue weighted by Crippen LogP contribution is 2.31. The third-order valence-corrected chi connectivity index (χ3v) is 7.82. The van der Waals surface area contributed by atoms with Crippen molar-refractivity contribution in [3.63, 3.8) is 0 Å². The number of halogens is 1. The number of amides is 1. The third-order valence-electron chi connectivity index (χ3n) is 6.16. The van der Waals surface area contributed by atoms with E-state index >= 15 is 0 Å². The van der Waals surface area contributed by atoms with Gasteiger partial charge in [-0.1, -0.05) is 41.9 Å². The van der Waals surface area contributed by atoms with E-state index in [2.05, 4.69) is 30.6 Å². The first-order chi connectivity index (χ1) is 20.7. The molecule has 0 aliphatic carbocycles. The quantitative estimate of drug-likeness (QED) is 0.142. The van der Waals surface area contributed by atoms with Gasteiger partial charge in [0.25, 0.3) is 10.0 Å². The van der Waals surface area contributed by atoms with Gasteiger partial charge < -0.3 is 25.4 Å². The van der Waals surface area contributed by atoms with Crippen molar-refractivity contribution >= 4 is 67.3 Å². The summed E-state index contributed by atoms with van der Waals surface area (Å²) in [7, 11) is -1.11. The second-order valence-corrected chi connectivity index (χ2v) is 11.2. The Morgan fingerprint density at radius 1 is 0.791 bits per heavy atom. The van der Waals surface area contributed by atoms with E-state index in [1.807, 2.05) is 6.07 Å². The third kappa shape index (κ3) is 7.23. The van der Waals surface area contributed by atoms with Crippen molar-refractivity contribution in [3.05, 3.63) is 96.0 Å². The van der Waals surface area contributed by atoms with Crippen molar-refractivity contribution in [1.29, 1.82) is 0 Å². The van der Waals surface area contributed by atoms with E-state index in [1.165, 1.54) is 32.4 Å². The van der Waals surface area contributed by atoms with Gasteiger partial charge in [-0.05, 0) is 42.5 Å². The molecule has 0 saturated heterocycles. The maximum Gasteiger partial charge on any atom is 0.263 e. The van der Waals surface area contributed by atoms with Crippen molar-refractivity contribution in [2.24, 2.45) is 0 Å². The Labute approximate surface area is 253 Å². The normalized spacial score (nSPS) is 11.0. The molecule has 0 atom stereocenters. The van der Waals surface area contributed by atoms with Gasteiger partial charge in [0.05, 0.1) is 47.4 Å². The molecule has 0 bridgehead atoms. The van der Waals surface area contributed by atoms with Gasteiger partial charge in [0.2, 0.25) is 5.91 Å². The lowest BCUT2D eigenvalue weighted by molar-refractivity contribution is -0.114. The standard InChI is InChI=1S/C30H27ClN6O5S/c1-41-21-14-20(15-22(17-21)42-2)34-29-30(36-27-13-6-5-12-26(27)35-29)37-43(39,40)23-9-7-8-19(16-23)33-28(38)18-32-25-11-4-3-10-24(25)31/h3-17,32H,18H2,1-2H3,(H,33,38)(H,34,35)(H,36,37). The summed E-state index contributed by atoms with van der Waals surface area (Å²) in [6.45, 7) is -0.0737. The van der Waals surface area contributed by atoms with Crippen LogP contribution in [0.3, 0.4) is 0 Å². The Morgan fingerprint density at radius 3 is 2.12 bits per heavy atom. The SMILES string of the molecule is COc1cc(Nc2nc3ccccc3nc2NS(=O)(=O)c2cccc(NC(=O)CNc3ccccc3Cl)c2)cc(OC)c1. The van der Waals surface area contributed by atoms with E-state index in [0.717, 1.165) is 0 Å². The number of carbonyl (C=O) groups excluding carboxylic acids is 1. The molecular formula is C30H27ClN6O5S. The van der Waals surface area contributed by atoms with Crippen molar-refractivity contribution in [1.82, 2.24) is 9.97 Å². The molecule has 13 heteroatoms. The van der Waals surface area contributed by atoms with Crippen LogP contribution in [0.2, 0.25) is 5.02 Å². The van der Waals surface area contributed by atoms with Crippen molar-refractivity contribution < 1.29 is 22.7 Å². The molecule has 0 spiro atoms. The van der Waals surface area contributed by atoms with Gasteiger partial charge in [0, 0.05) is 29.6 Å². The summed E-state index contributed by atoms with van der Waals surface area (Å²) in [6.07, 6.45) is 0. The number of hydrogen-bond acceptors (Lipinski definition) is 9. The Morgan fingerprint density at radius 2 is 1.44 bits per heavy atom. The summed E-state index contributed by atoms with van der Waals surface area (Å²) in [5, 5.41) is 9.25. The lowest BCUT2D eigenvalue weighted by atomic mass is 10.2. The monoisotopic (exact) mass is 618 g/mol. The molecule has 1 amide bonds. The van der Waals surface area contributed by atoms with Crippen LogP contribution in [-0.2, 0) is 14.8 Å². The summed E-state index contributed by atoms with van der Waals surface area (Å²) in [5.41, 5.74) is 2.48. The Kier molecular flexibility index (Phi) is 8.79. The average Bonchev–Trinajstić information content (AvgIpc) is 3.00. The number of carbonyl (C=O) groups is 1. The lowest BCUT2D eigenvalue weighted by Gasteiger charge is -2.15. The largest absolute Gasteiger partial charge is 0.497 e. The van der Waals surface area contributed by atoms with Crippen molar-refractivity contribution in [2.75, 3.05) is 41.4 Å². The van der Waals surface area contributed by atoms with Gasteiger partial charge in [-0.25, -0.2) is 18.4 Å². The number of aromatic nitrogens is 2. The van der Waals surface area contributed by atoms with Crippen LogP contribution in [0.25, 0.3) is 11.0 Å². The summed E-state index contributed by atoms with van der Waals surface area (Å²) >= 11 is 6.13. The summed E-state index contributed by atoms with van der Waals surface area (Å²) in [4.78, 5) is 21.6. The zero-order chi connectivity index (χ0) is 30.4. The van der Waals surface area contributed by atoms with E-state index in [-0.39, 0.29) is 29.0 Å². The molecule has 220 valence electrons. The van der Waals surface area contributed by atoms with Crippen LogP contribution in [0.5, 0.6) is 11.5 Å². The first-order valence-corrected chi connectivity index (χ1v) is 14.8. The molecule has 11 nitrogen and oxygen atoms in total. The van der Waals surface area contributed by atoms with E-state index < -0.39 is 10.0 Å². The van der Waals surface area contributed by atoms with Gasteiger partial charge in [-0.3, -0.25) is 9.52 Å². The maximum atomic E-state index is 13.5. The number of nitrogens with zero attached hydrogens (tertiary/aromatic N) is 2. The van der Waals surface area contributed by atoms with Gasteiger partial charge in [0.1, 0.15) is 11.5 Å². The number of anilines is 5. The van der Waals surface area contributed by atoms with Crippen LogP contribution in [0.1, 0.15) is 0 Å². The first-order valence-electron chi connectivity index (χ1n) is 12.9. The van der Waals surface area contributed by atoms with Gasteiger partial charge >= 0.3 is 0 Å². The first kappa shape index (κ1) is 29.4. The highest BCUT2D eigenvalue weighted by molar-refractivity contribution is 7.92. The minimum Gasteiger partial charge on any atom is -0.497 e.